The van der Waals surface area contributed by atoms with Crippen molar-refractivity contribution < 1.29 is 22.6 Å². The van der Waals surface area contributed by atoms with Crippen LogP contribution in [-0.4, -0.2) is 52.2 Å². The van der Waals surface area contributed by atoms with Gasteiger partial charge in [0.2, 0.25) is 11.6 Å². The number of carbonyl (C=O) groups is 1. The maximum absolute atomic E-state index is 12.9. The molecular weight excluding hydrogens is 479 g/mol. The lowest BCUT2D eigenvalue weighted by Gasteiger charge is -2.06. The Morgan fingerprint density at radius 2 is 2.15 bits per heavy atom. The second kappa shape index (κ2) is 9.30. The molecule has 17 heteroatoms. The van der Waals surface area contributed by atoms with Gasteiger partial charge in [-0.2, -0.15) is 23.0 Å². The van der Waals surface area contributed by atoms with Crippen LogP contribution in [0.15, 0.2) is 45.5 Å². The van der Waals surface area contributed by atoms with Gasteiger partial charge in [0.05, 0.1) is 17.5 Å². The molecule has 176 valence electrons. The fourth-order valence-electron chi connectivity index (χ4n) is 2.67. The molecule has 0 fully saturated rings. The van der Waals surface area contributed by atoms with E-state index in [1.54, 1.807) is 11.6 Å². The molecule has 13 nitrogen and oxygen atoms in total. The number of halogens is 3. The number of hydrogen-bond donors (Lipinski definition) is 2. The van der Waals surface area contributed by atoms with Crippen LogP contribution in [0.2, 0.25) is 0 Å². The molecule has 0 unspecified atom stereocenters. The Kier molecular flexibility index (Phi) is 6.26. The van der Waals surface area contributed by atoms with Crippen molar-refractivity contribution in [2.75, 3.05) is 5.73 Å². The van der Waals surface area contributed by atoms with Crippen LogP contribution in [0.3, 0.4) is 0 Å². The number of rotatable bonds is 7. The van der Waals surface area contributed by atoms with Crippen molar-refractivity contribution >= 4 is 29.7 Å². The average Bonchev–Trinajstić information content (AvgIpc) is 3.51. The molecule has 0 atom stereocenters. The third-order valence-electron chi connectivity index (χ3n) is 4.28. The first-order valence-electron chi connectivity index (χ1n) is 9.24. The molecule has 3 N–H and O–H groups in total. The van der Waals surface area contributed by atoms with E-state index in [9.17, 15) is 18.0 Å². The molecule has 1 amide bonds. The Labute approximate surface area is 192 Å². The quantitative estimate of drug-likeness (QED) is 0.218. The highest BCUT2D eigenvalue weighted by Crippen LogP contribution is 2.29. The van der Waals surface area contributed by atoms with Crippen LogP contribution in [0.1, 0.15) is 27.3 Å². The number of aromatic nitrogens is 8. The Morgan fingerprint density at radius 3 is 2.82 bits per heavy atom. The van der Waals surface area contributed by atoms with Crippen molar-refractivity contribution in [3.05, 3.63) is 53.1 Å². The van der Waals surface area contributed by atoms with Crippen molar-refractivity contribution in [3.63, 3.8) is 0 Å². The number of thioether (sulfide) groups is 1. The standard InChI is InChI=1S/C17H14F3N11O2S/c1-30-8-23-26-16(30)34-7-11-12(24-29-31(11)14-13(21)27-33-28-14)15(32)25-22-6-9-3-2-4-10(5-9)17(18,19)20/h2-6,8H,7H2,1H3,(H2,21,27)(H,25,32)/b22-6+. The van der Waals surface area contributed by atoms with Crippen molar-refractivity contribution in [1.82, 2.24) is 45.5 Å². The average molecular weight is 493 g/mol. The van der Waals surface area contributed by atoms with Crippen LogP contribution in [0, 0.1) is 0 Å². The fourth-order valence-corrected chi connectivity index (χ4v) is 3.55. The molecule has 0 aliphatic carbocycles. The fraction of sp³-hybridized carbons (Fsp3) is 0.176. The first-order valence-corrected chi connectivity index (χ1v) is 10.2. The van der Waals surface area contributed by atoms with Crippen molar-refractivity contribution in [2.24, 2.45) is 12.1 Å². The number of nitrogens with zero attached hydrogens (tertiary/aromatic N) is 9. The largest absolute Gasteiger partial charge is 0.416 e. The van der Waals surface area contributed by atoms with Crippen LogP contribution >= 0.6 is 11.8 Å². The van der Waals surface area contributed by atoms with Crippen LogP contribution in [0.25, 0.3) is 5.82 Å². The summed E-state index contributed by atoms with van der Waals surface area (Å²) in [5.41, 5.74) is 7.40. The third kappa shape index (κ3) is 4.87. The van der Waals surface area contributed by atoms with E-state index in [0.717, 1.165) is 18.3 Å². The third-order valence-corrected chi connectivity index (χ3v) is 5.32. The summed E-state index contributed by atoms with van der Waals surface area (Å²) in [6.07, 6.45) is -1.92. The minimum atomic E-state index is -4.50. The normalized spacial score (nSPS) is 11.9. The molecule has 4 rings (SSSR count). The molecule has 0 radical (unpaired) electrons. The molecule has 1 aromatic carbocycles. The molecule has 34 heavy (non-hydrogen) atoms. The lowest BCUT2D eigenvalue weighted by molar-refractivity contribution is -0.137. The van der Waals surface area contributed by atoms with Crippen LogP contribution in [0.4, 0.5) is 19.0 Å². The molecule has 0 aliphatic heterocycles. The van der Waals surface area contributed by atoms with Gasteiger partial charge in [-0.25, -0.2) is 10.1 Å². The molecule has 0 saturated carbocycles. The Morgan fingerprint density at radius 1 is 1.32 bits per heavy atom. The zero-order valence-electron chi connectivity index (χ0n) is 17.1. The second-order valence-electron chi connectivity index (χ2n) is 6.61. The smallest absolute Gasteiger partial charge is 0.378 e. The molecule has 0 spiro atoms. The van der Waals surface area contributed by atoms with Gasteiger partial charge < -0.3 is 10.3 Å². The van der Waals surface area contributed by atoms with Crippen LogP contribution in [-0.2, 0) is 19.0 Å². The van der Waals surface area contributed by atoms with Crippen molar-refractivity contribution in [3.8, 4) is 5.82 Å². The van der Waals surface area contributed by atoms with Gasteiger partial charge >= 0.3 is 6.18 Å². The lowest BCUT2D eigenvalue weighted by Crippen LogP contribution is -2.20. The Hall–Kier alpha value is -4.28. The van der Waals surface area contributed by atoms with E-state index >= 15 is 0 Å². The summed E-state index contributed by atoms with van der Waals surface area (Å²) in [7, 11) is 1.74. The molecular formula is C17H14F3N11O2S. The van der Waals surface area contributed by atoms with E-state index in [4.69, 9.17) is 5.73 Å². The predicted molar refractivity (Wildman–Crippen MR) is 111 cm³/mol. The van der Waals surface area contributed by atoms with E-state index in [2.05, 4.69) is 46.0 Å². The van der Waals surface area contributed by atoms with Crippen LogP contribution in [0.5, 0.6) is 0 Å². The van der Waals surface area contributed by atoms with Gasteiger partial charge in [-0.1, -0.05) is 29.1 Å². The number of hydrazone groups is 1. The maximum atomic E-state index is 12.9. The molecule has 4 aromatic rings. The number of aryl methyl sites for hydroxylation is 1. The summed E-state index contributed by atoms with van der Waals surface area (Å²) in [6, 6.07) is 4.47. The van der Waals surface area contributed by atoms with Gasteiger partial charge in [-0.05, 0) is 28.0 Å². The molecule has 0 bridgehead atoms. The first-order chi connectivity index (χ1) is 16.2. The Bertz CT molecular complexity index is 1340. The SMILES string of the molecule is Cn1cnnc1SCc1c(C(=O)N/N=C/c2cccc(C(F)(F)F)c2)nnn1-c1nonc1N. The highest BCUT2D eigenvalue weighted by atomic mass is 32.2. The zero-order valence-corrected chi connectivity index (χ0v) is 17.9. The number of hydrogen-bond acceptors (Lipinski definition) is 11. The van der Waals surface area contributed by atoms with Gasteiger partial charge in [0.1, 0.15) is 6.33 Å². The highest BCUT2D eigenvalue weighted by Gasteiger charge is 2.30. The van der Waals surface area contributed by atoms with Gasteiger partial charge in [0.25, 0.3) is 5.91 Å². The minimum Gasteiger partial charge on any atom is -0.378 e. The first kappa shape index (κ1) is 22.9. The Balaban J connectivity index is 1.56. The topological polar surface area (TPSA) is 168 Å². The van der Waals surface area contributed by atoms with E-state index in [0.29, 0.717) is 5.16 Å². The molecule has 3 heterocycles. The number of alkyl halides is 3. The molecule has 0 saturated heterocycles. The summed E-state index contributed by atoms with van der Waals surface area (Å²) >= 11 is 1.23. The lowest BCUT2D eigenvalue weighted by atomic mass is 10.1. The van der Waals surface area contributed by atoms with Crippen molar-refractivity contribution in [2.45, 2.75) is 17.1 Å². The second-order valence-corrected chi connectivity index (χ2v) is 7.55. The predicted octanol–water partition coefficient (Wildman–Crippen LogP) is 1.44. The number of anilines is 1. The molecule has 0 aliphatic rings. The molecule has 3 aromatic heterocycles. The van der Waals surface area contributed by atoms with E-state index in [-0.39, 0.29) is 34.3 Å². The number of benzene rings is 1. The van der Waals surface area contributed by atoms with E-state index in [1.807, 2.05) is 0 Å². The number of nitrogen functional groups attached to an aromatic ring is 1. The summed E-state index contributed by atoms with van der Waals surface area (Å²) in [4.78, 5) is 12.7. The number of nitrogens with two attached hydrogens (primary N) is 1. The van der Waals surface area contributed by atoms with Gasteiger partial charge in [0, 0.05) is 12.8 Å². The number of amides is 1. The zero-order chi connectivity index (χ0) is 24.3. The number of nitrogens with one attached hydrogen (secondary N) is 1. The van der Waals surface area contributed by atoms with Crippen LogP contribution < -0.4 is 11.2 Å². The highest BCUT2D eigenvalue weighted by molar-refractivity contribution is 7.98. The minimum absolute atomic E-state index is 0.0209. The monoisotopic (exact) mass is 493 g/mol. The summed E-state index contributed by atoms with van der Waals surface area (Å²) in [6.45, 7) is 0. The maximum Gasteiger partial charge on any atom is 0.416 e. The van der Waals surface area contributed by atoms with E-state index < -0.39 is 17.6 Å². The van der Waals surface area contributed by atoms with Gasteiger partial charge in [-0.15, -0.1) is 15.3 Å². The number of carbonyl (C=O) groups excluding carboxylic acids is 1. The van der Waals surface area contributed by atoms with Gasteiger partial charge in [0.15, 0.2) is 10.9 Å². The summed E-state index contributed by atoms with van der Waals surface area (Å²) < 4.78 is 46.0. The summed E-state index contributed by atoms with van der Waals surface area (Å²) in [5.74, 6) is -0.679. The van der Waals surface area contributed by atoms with Crippen molar-refractivity contribution in [1.29, 1.82) is 0 Å². The van der Waals surface area contributed by atoms with E-state index in [1.165, 1.54) is 34.9 Å². The van der Waals surface area contributed by atoms with Gasteiger partial charge in [-0.3, -0.25) is 4.79 Å². The summed E-state index contributed by atoms with van der Waals surface area (Å²) in [5, 5.41) is 26.9.